The second kappa shape index (κ2) is 5.59. The Bertz CT molecular complexity index is 769. The predicted molar refractivity (Wildman–Crippen MR) is 76.2 cm³/mol. The van der Waals surface area contributed by atoms with Crippen LogP contribution in [-0.4, -0.2) is 9.55 Å². The SMILES string of the molecule is NNC(Cn1cnc2ccccc21)c1cc(F)ccc1F. The summed E-state index contributed by atoms with van der Waals surface area (Å²) < 4.78 is 29.0. The Morgan fingerprint density at radius 2 is 2.00 bits per heavy atom. The summed E-state index contributed by atoms with van der Waals surface area (Å²) >= 11 is 0. The average Bonchev–Trinajstić information content (AvgIpc) is 2.91. The molecule has 0 saturated carbocycles. The molecule has 0 saturated heterocycles. The van der Waals surface area contributed by atoms with E-state index in [-0.39, 0.29) is 5.56 Å². The first kappa shape index (κ1) is 13.7. The van der Waals surface area contributed by atoms with Crippen molar-refractivity contribution in [1.29, 1.82) is 0 Å². The van der Waals surface area contributed by atoms with Gasteiger partial charge in [0.05, 0.1) is 23.4 Å². The van der Waals surface area contributed by atoms with E-state index in [4.69, 9.17) is 5.84 Å². The number of rotatable bonds is 4. The number of benzene rings is 2. The zero-order valence-electron chi connectivity index (χ0n) is 11.1. The van der Waals surface area contributed by atoms with Crippen LogP contribution >= 0.6 is 0 Å². The van der Waals surface area contributed by atoms with Crippen molar-refractivity contribution in [3.8, 4) is 0 Å². The third-order valence-electron chi connectivity index (χ3n) is 3.44. The monoisotopic (exact) mass is 288 g/mol. The molecule has 0 aliphatic carbocycles. The Balaban J connectivity index is 1.96. The van der Waals surface area contributed by atoms with Gasteiger partial charge in [-0.3, -0.25) is 11.3 Å². The van der Waals surface area contributed by atoms with E-state index in [2.05, 4.69) is 10.4 Å². The molecule has 1 atom stereocenters. The summed E-state index contributed by atoms with van der Waals surface area (Å²) in [6.45, 7) is 0.345. The second-order valence-corrected chi connectivity index (χ2v) is 4.77. The standard InChI is InChI=1S/C15H14F2N4/c16-10-5-6-12(17)11(7-10)14(20-18)8-21-9-19-13-3-1-2-4-15(13)21/h1-7,9,14,20H,8,18H2. The molecule has 2 aromatic carbocycles. The minimum atomic E-state index is -0.557. The number of para-hydroxylation sites is 2. The van der Waals surface area contributed by atoms with Crippen LogP contribution in [0.2, 0.25) is 0 Å². The molecule has 0 bridgehead atoms. The lowest BCUT2D eigenvalue weighted by molar-refractivity contribution is 0.454. The van der Waals surface area contributed by atoms with Crippen molar-refractivity contribution in [3.63, 3.8) is 0 Å². The largest absolute Gasteiger partial charge is 0.329 e. The molecule has 1 aromatic heterocycles. The van der Waals surface area contributed by atoms with Gasteiger partial charge in [0.1, 0.15) is 11.6 Å². The highest BCUT2D eigenvalue weighted by atomic mass is 19.1. The first-order chi connectivity index (χ1) is 10.2. The molecule has 4 nitrogen and oxygen atoms in total. The van der Waals surface area contributed by atoms with E-state index in [9.17, 15) is 8.78 Å². The lowest BCUT2D eigenvalue weighted by Gasteiger charge is -2.18. The molecule has 6 heteroatoms. The van der Waals surface area contributed by atoms with Gasteiger partial charge in [-0.1, -0.05) is 12.1 Å². The Morgan fingerprint density at radius 3 is 2.81 bits per heavy atom. The van der Waals surface area contributed by atoms with Crippen LogP contribution < -0.4 is 11.3 Å². The van der Waals surface area contributed by atoms with Crippen LogP contribution in [-0.2, 0) is 6.54 Å². The number of nitrogens with one attached hydrogen (secondary N) is 1. The molecular weight excluding hydrogens is 274 g/mol. The summed E-state index contributed by atoms with van der Waals surface area (Å²) in [5, 5.41) is 0. The lowest BCUT2D eigenvalue weighted by atomic mass is 10.1. The maximum absolute atomic E-state index is 13.9. The Hall–Kier alpha value is -2.31. The molecule has 3 N–H and O–H groups in total. The molecule has 0 spiro atoms. The number of imidazole rings is 1. The Morgan fingerprint density at radius 1 is 1.19 bits per heavy atom. The van der Waals surface area contributed by atoms with E-state index in [1.54, 1.807) is 6.33 Å². The van der Waals surface area contributed by atoms with Crippen molar-refractivity contribution < 1.29 is 8.78 Å². The summed E-state index contributed by atoms with van der Waals surface area (Å²) in [4.78, 5) is 4.27. The van der Waals surface area contributed by atoms with E-state index < -0.39 is 17.7 Å². The van der Waals surface area contributed by atoms with Gasteiger partial charge < -0.3 is 4.57 Å². The second-order valence-electron chi connectivity index (χ2n) is 4.77. The molecule has 0 aliphatic heterocycles. The average molecular weight is 288 g/mol. The Kier molecular flexibility index (Phi) is 3.64. The topological polar surface area (TPSA) is 55.9 Å². The number of nitrogens with zero attached hydrogens (tertiary/aromatic N) is 2. The van der Waals surface area contributed by atoms with Crippen LogP contribution in [0.25, 0.3) is 11.0 Å². The highest BCUT2D eigenvalue weighted by molar-refractivity contribution is 5.74. The first-order valence-corrected chi connectivity index (χ1v) is 6.50. The van der Waals surface area contributed by atoms with Gasteiger partial charge in [-0.05, 0) is 30.3 Å². The fraction of sp³-hybridized carbons (Fsp3) is 0.133. The molecule has 0 aliphatic rings. The summed E-state index contributed by atoms with van der Waals surface area (Å²) in [5.74, 6) is 4.52. The normalized spacial score (nSPS) is 12.7. The number of aromatic nitrogens is 2. The molecule has 108 valence electrons. The molecule has 0 radical (unpaired) electrons. The number of fused-ring (bicyclic) bond motifs is 1. The zero-order valence-corrected chi connectivity index (χ0v) is 11.1. The summed E-state index contributed by atoms with van der Waals surface area (Å²) in [5.41, 5.74) is 4.48. The first-order valence-electron chi connectivity index (χ1n) is 6.50. The van der Waals surface area contributed by atoms with Crippen LogP contribution in [0.4, 0.5) is 8.78 Å². The predicted octanol–water partition coefficient (Wildman–Crippen LogP) is 2.52. The van der Waals surface area contributed by atoms with E-state index in [1.807, 2.05) is 28.8 Å². The van der Waals surface area contributed by atoms with Crippen molar-refractivity contribution in [3.05, 3.63) is 66.0 Å². The Labute approximate surface area is 120 Å². The minimum absolute atomic E-state index is 0.190. The molecule has 3 rings (SSSR count). The zero-order chi connectivity index (χ0) is 14.8. The van der Waals surface area contributed by atoms with Crippen LogP contribution in [0.15, 0.2) is 48.8 Å². The van der Waals surface area contributed by atoms with E-state index >= 15 is 0 Å². The maximum atomic E-state index is 13.9. The number of halogens is 2. The fourth-order valence-electron chi connectivity index (χ4n) is 2.37. The van der Waals surface area contributed by atoms with Crippen molar-refractivity contribution in [2.75, 3.05) is 0 Å². The van der Waals surface area contributed by atoms with E-state index in [0.29, 0.717) is 6.54 Å². The molecular formula is C15H14F2N4. The number of hydrogen-bond donors (Lipinski definition) is 2. The third-order valence-corrected chi connectivity index (χ3v) is 3.44. The summed E-state index contributed by atoms with van der Waals surface area (Å²) in [7, 11) is 0. The summed E-state index contributed by atoms with van der Waals surface area (Å²) in [6.07, 6.45) is 1.66. The number of hydrogen-bond acceptors (Lipinski definition) is 3. The quantitative estimate of drug-likeness (QED) is 0.573. The minimum Gasteiger partial charge on any atom is -0.329 e. The third kappa shape index (κ3) is 2.63. The summed E-state index contributed by atoms with van der Waals surface area (Å²) in [6, 6.07) is 10.4. The van der Waals surface area contributed by atoms with E-state index in [1.165, 1.54) is 0 Å². The molecule has 3 aromatic rings. The van der Waals surface area contributed by atoms with Gasteiger partial charge in [0.15, 0.2) is 0 Å². The van der Waals surface area contributed by atoms with Crippen LogP contribution in [0, 0.1) is 11.6 Å². The smallest absolute Gasteiger partial charge is 0.128 e. The fourth-order valence-corrected chi connectivity index (χ4v) is 2.37. The van der Waals surface area contributed by atoms with Crippen LogP contribution in [0.3, 0.4) is 0 Å². The maximum Gasteiger partial charge on any atom is 0.128 e. The molecule has 0 amide bonds. The van der Waals surface area contributed by atoms with Gasteiger partial charge in [-0.2, -0.15) is 0 Å². The van der Waals surface area contributed by atoms with Gasteiger partial charge >= 0.3 is 0 Å². The van der Waals surface area contributed by atoms with Crippen molar-refractivity contribution >= 4 is 11.0 Å². The lowest BCUT2D eigenvalue weighted by Crippen LogP contribution is -2.31. The van der Waals surface area contributed by atoms with Crippen molar-refractivity contribution in [2.24, 2.45) is 5.84 Å². The van der Waals surface area contributed by atoms with Gasteiger partial charge in [-0.25, -0.2) is 13.8 Å². The van der Waals surface area contributed by atoms with Crippen molar-refractivity contribution in [1.82, 2.24) is 15.0 Å². The number of nitrogens with two attached hydrogens (primary N) is 1. The van der Waals surface area contributed by atoms with Crippen LogP contribution in [0.1, 0.15) is 11.6 Å². The van der Waals surface area contributed by atoms with Gasteiger partial charge in [-0.15, -0.1) is 0 Å². The molecule has 1 heterocycles. The van der Waals surface area contributed by atoms with Gasteiger partial charge in [0, 0.05) is 12.1 Å². The highest BCUT2D eigenvalue weighted by Crippen LogP contribution is 2.21. The van der Waals surface area contributed by atoms with Gasteiger partial charge in [0.25, 0.3) is 0 Å². The van der Waals surface area contributed by atoms with E-state index in [0.717, 1.165) is 29.2 Å². The van der Waals surface area contributed by atoms with Gasteiger partial charge in [0.2, 0.25) is 0 Å². The molecule has 0 fully saturated rings. The molecule has 1 unspecified atom stereocenters. The molecule has 21 heavy (non-hydrogen) atoms. The van der Waals surface area contributed by atoms with Crippen molar-refractivity contribution in [2.45, 2.75) is 12.6 Å². The van der Waals surface area contributed by atoms with Crippen LogP contribution in [0.5, 0.6) is 0 Å². The highest BCUT2D eigenvalue weighted by Gasteiger charge is 2.17. The number of hydrazine groups is 1.